The molecule has 1 fully saturated rings. The molecular weight excluding hydrogens is 817 g/mol. The SMILES string of the molecule is O=C1CCCCC(=O)NCCCCCCNC(=O)CCCCC(=O)NCCCCCCNC(=O)CCCCC(=O)NCCCCCCNC(=O)CCCCC(=O)NCCCCCCN1. The van der Waals surface area contributed by atoms with Crippen LogP contribution in [0, 0.1) is 0 Å². The molecule has 0 unspecified atom stereocenters. The van der Waals surface area contributed by atoms with Gasteiger partial charge in [0.05, 0.1) is 0 Å². The summed E-state index contributed by atoms with van der Waals surface area (Å²) in [4.78, 5) is 97.2. The van der Waals surface area contributed by atoms with Gasteiger partial charge in [0.15, 0.2) is 0 Å². The van der Waals surface area contributed by atoms with Gasteiger partial charge in [-0.1, -0.05) is 51.4 Å². The Morgan fingerprint density at radius 2 is 0.266 bits per heavy atom. The molecule has 1 aliphatic rings. The molecule has 0 aromatic heterocycles. The van der Waals surface area contributed by atoms with Crippen LogP contribution in [0.25, 0.3) is 0 Å². The molecule has 0 aliphatic carbocycles. The molecule has 64 heavy (non-hydrogen) atoms. The Kier molecular flexibility index (Phi) is 38.5. The van der Waals surface area contributed by atoms with Crippen LogP contribution in [0.3, 0.4) is 0 Å². The summed E-state index contributed by atoms with van der Waals surface area (Å²) in [6, 6.07) is 0. The van der Waals surface area contributed by atoms with Gasteiger partial charge in [-0.15, -0.1) is 0 Å². The zero-order chi connectivity index (χ0) is 46.6. The van der Waals surface area contributed by atoms with Crippen LogP contribution in [-0.4, -0.2) is 99.6 Å². The van der Waals surface area contributed by atoms with Crippen LogP contribution >= 0.6 is 0 Å². The normalized spacial score (nSPS) is 21.8. The first-order valence-electron chi connectivity index (χ1n) is 25.3. The van der Waals surface area contributed by atoms with Crippen LogP contribution in [0.1, 0.15) is 205 Å². The number of carbonyl (C=O) groups excluding carboxylic acids is 8. The van der Waals surface area contributed by atoms with Crippen molar-refractivity contribution >= 4 is 47.3 Å². The highest BCUT2D eigenvalue weighted by molar-refractivity contribution is 5.79. The summed E-state index contributed by atoms with van der Waals surface area (Å²) in [6.45, 7) is 4.99. The second kappa shape index (κ2) is 42.7. The first-order chi connectivity index (χ1) is 31.2. The van der Waals surface area contributed by atoms with E-state index in [1.807, 2.05) is 0 Å². The van der Waals surface area contributed by atoms with Crippen molar-refractivity contribution in [2.45, 2.75) is 205 Å². The van der Waals surface area contributed by atoms with E-state index in [9.17, 15) is 38.4 Å². The van der Waals surface area contributed by atoms with Crippen molar-refractivity contribution in [1.29, 1.82) is 0 Å². The van der Waals surface area contributed by atoms with E-state index in [0.717, 1.165) is 103 Å². The first-order valence-corrected chi connectivity index (χ1v) is 25.3. The van der Waals surface area contributed by atoms with Gasteiger partial charge in [0, 0.05) is 104 Å². The minimum atomic E-state index is 0.00980. The fourth-order valence-electron chi connectivity index (χ4n) is 7.23. The highest BCUT2D eigenvalue weighted by Gasteiger charge is 2.09. The molecule has 0 atom stereocenters. The maximum Gasteiger partial charge on any atom is 0.219 e. The summed E-state index contributed by atoms with van der Waals surface area (Å²) >= 11 is 0. The lowest BCUT2D eigenvalue weighted by Gasteiger charge is -2.08. The number of hydrogen-bond donors (Lipinski definition) is 8. The molecule has 0 bridgehead atoms. The number of hydrogen-bond acceptors (Lipinski definition) is 8. The number of amides is 8. The maximum absolute atomic E-state index is 12.2. The molecule has 1 aliphatic heterocycles. The van der Waals surface area contributed by atoms with E-state index in [-0.39, 0.29) is 47.3 Å². The Morgan fingerprint density at radius 3 is 0.375 bits per heavy atom. The lowest BCUT2D eigenvalue weighted by molar-refractivity contribution is -0.123. The Hall–Kier alpha value is -4.24. The van der Waals surface area contributed by atoms with Crippen molar-refractivity contribution in [3.05, 3.63) is 0 Å². The minimum Gasteiger partial charge on any atom is -0.356 e. The molecule has 1 rings (SSSR count). The molecule has 368 valence electrons. The average molecular weight is 905 g/mol. The molecule has 16 heteroatoms. The van der Waals surface area contributed by atoms with Gasteiger partial charge in [-0.2, -0.15) is 0 Å². The smallest absolute Gasteiger partial charge is 0.219 e. The van der Waals surface area contributed by atoms with E-state index in [4.69, 9.17) is 0 Å². The van der Waals surface area contributed by atoms with Crippen molar-refractivity contribution in [2.24, 2.45) is 0 Å². The van der Waals surface area contributed by atoms with Gasteiger partial charge in [0.2, 0.25) is 47.3 Å². The Balaban J connectivity index is 2.27. The van der Waals surface area contributed by atoms with Crippen molar-refractivity contribution < 1.29 is 38.4 Å². The first kappa shape index (κ1) is 57.8. The minimum absolute atomic E-state index is 0.00980. The molecule has 0 aromatic rings. The summed E-state index contributed by atoms with van der Waals surface area (Å²) < 4.78 is 0. The lowest BCUT2D eigenvalue weighted by atomic mass is 10.1. The molecule has 0 saturated carbocycles. The molecule has 0 aromatic carbocycles. The van der Waals surface area contributed by atoms with Crippen LogP contribution in [0.15, 0.2) is 0 Å². The van der Waals surface area contributed by atoms with E-state index in [1.54, 1.807) is 0 Å². The summed E-state index contributed by atoms with van der Waals surface area (Å²) in [5.74, 6) is 0.0784. The third-order valence-electron chi connectivity index (χ3n) is 11.2. The number of rotatable bonds is 0. The zero-order valence-corrected chi connectivity index (χ0v) is 39.6. The van der Waals surface area contributed by atoms with Crippen molar-refractivity contribution in [2.75, 3.05) is 52.4 Å². The average Bonchev–Trinajstić information content (AvgIpc) is 3.27. The van der Waals surface area contributed by atoms with E-state index in [2.05, 4.69) is 42.5 Å². The molecule has 1 saturated heterocycles. The predicted molar refractivity (Wildman–Crippen MR) is 252 cm³/mol. The van der Waals surface area contributed by atoms with Crippen molar-refractivity contribution in [3.8, 4) is 0 Å². The highest BCUT2D eigenvalue weighted by atomic mass is 16.2. The lowest BCUT2D eigenvalue weighted by Crippen LogP contribution is -2.26. The molecule has 0 spiro atoms. The van der Waals surface area contributed by atoms with Crippen LogP contribution in [-0.2, 0) is 38.4 Å². The second-order valence-corrected chi connectivity index (χ2v) is 17.3. The number of carbonyl (C=O) groups is 8. The van der Waals surface area contributed by atoms with Gasteiger partial charge in [-0.3, -0.25) is 38.4 Å². The van der Waals surface area contributed by atoms with E-state index < -0.39 is 0 Å². The summed E-state index contributed by atoms with van der Waals surface area (Å²) in [6.07, 6.45) is 23.4. The van der Waals surface area contributed by atoms with Gasteiger partial charge in [0.1, 0.15) is 0 Å². The standard InChI is InChI=1S/C48H88N8O8/c57-41-25-9-10-27-43(59)51-35-19-3-4-21-37-53-45(61)29-13-14-31-47(63)55-39-23-7-8-24-40-56-48(64)32-16-15-30-46(62)54-38-22-6-5-20-36-52-44(60)28-12-11-26-42(58)50-34-18-2-1-17-33-49-41/h1-40H2,(H,49,57)(H,50,58)(H,51,59)(H,52,60)(H,53,61)(H,54,62)(H,55,63)(H,56,64). The van der Waals surface area contributed by atoms with Crippen LogP contribution < -0.4 is 42.5 Å². The van der Waals surface area contributed by atoms with Crippen LogP contribution in [0.5, 0.6) is 0 Å². The molecule has 1 heterocycles. The molecule has 8 amide bonds. The van der Waals surface area contributed by atoms with E-state index >= 15 is 0 Å². The van der Waals surface area contributed by atoms with E-state index in [1.165, 1.54) is 0 Å². The largest absolute Gasteiger partial charge is 0.356 e. The van der Waals surface area contributed by atoms with Gasteiger partial charge >= 0.3 is 0 Å². The van der Waals surface area contributed by atoms with Gasteiger partial charge < -0.3 is 42.5 Å². The van der Waals surface area contributed by atoms with Gasteiger partial charge in [-0.25, -0.2) is 0 Å². The Bertz CT molecular complexity index is 1010. The van der Waals surface area contributed by atoms with Crippen molar-refractivity contribution in [3.63, 3.8) is 0 Å². The molecule has 8 N–H and O–H groups in total. The van der Waals surface area contributed by atoms with Gasteiger partial charge in [0.25, 0.3) is 0 Å². The monoisotopic (exact) mass is 905 g/mol. The Morgan fingerprint density at radius 1 is 0.156 bits per heavy atom. The third-order valence-corrected chi connectivity index (χ3v) is 11.2. The fraction of sp³-hybridized carbons (Fsp3) is 0.833. The zero-order valence-electron chi connectivity index (χ0n) is 39.6. The summed E-state index contributed by atoms with van der Waals surface area (Å²) in [5.41, 5.74) is 0. The van der Waals surface area contributed by atoms with Crippen LogP contribution in [0.2, 0.25) is 0 Å². The summed E-state index contributed by atoms with van der Waals surface area (Å²) in [5, 5.41) is 23.6. The Labute approximate surface area is 385 Å². The quantitative estimate of drug-likeness (QED) is 0.156. The second-order valence-electron chi connectivity index (χ2n) is 17.3. The fourth-order valence-corrected chi connectivity index (χ4v) is 7.23. The molecule has 16 nitrogen and oxygen atoms in total. The predicted octanol–water partition coefficient (Wildman–Crippen LogP) is 5.41. The third kappa shape index (κ3) is 40.5. The maximum atomic E-state index is 12.2. The molecule has 0 radical (unpaired) electrons. The highest BCUT2D eigenvalue weighted by Crippen LogP contribution is 2.07. The topological polar surface area (TPSA) is 233 Å². The summed E-state index contributed by atoms with van der Waals surface area (Å²) in [7, 11) is 0. The van der Waals surface area contributed by atoms with Crippen molar-refractivity contribution in [1.82, 2.24) is 42.5 Å². The number of nitrogens with one attached hydrogen (secondary N) is 8. The van der Waals surface area contributed by atoms with Crippen LogP contribution in [0.4, 0.5) is 0 Å². The molecular formula is C48H88N8O8. The van der Waals surface area contributed by atoms with Gasteiger partial charge in [-0.05, 0) is 103 Å². The van der Waals surface area contributed by atoms with E-state index in [0.29, 0.717) is 155 Å².